The Labute approximate surface area is 148 Å². The van der Waals surface area contributed by atoms with Crippen molar-refractivity contribution in [1.82, 2.24) is 4.98 Å². The van der Waals surface area contributed by atoms with Crippen LogP contribution in [0.1, 0.15) is 41.7 Å². The first-order chi connectivity index (χ1) is 12.3. The van der Waals surface area contributed by atoms with Gasteiger partial charge in [-0.05, 0) is 48.7 Å². The number of benzene rings is 1. The number of fused-ring (bicyclic) bond motifs is 1. The predicted molar refractivity (Wildman–Crippen MR) is 89.4 cm³/mol. The van der Waals surface area contributed by atoms with Crippen LogP contribution in [0.3, 0.4) is 0 Å². The van der Waals surface area contributed by atoms with Crippen molar-refractivity contribution in [2.24, 2.45) is 5.73 Å². The third-order valence-corrected chi connectivity index (χ3v) is 4.47. The number of carbonyl (C=O) groups is 1. The summed E-state index contributed by atoms with van der Waals surface area (Å²) in [6.45, 7) is 3.77. The van der Waals surface area contributed by atoms with Gasteiger partial charge in [-0.1, -0.05) is 12.6 Å². The fourth-order valence-corrected chi connectivity index (χ4v) is 3.14. The zero-order valence-electron chi connectivity index (χ0n) is 13.8. The van der Waals surface area contributed by atoms with Crippen LogP contribution in [-0.4, -0.2) is 10.9 Å². The average Bonchev–Trinajstić information content (AvgIpc) is 2.61. The van der Waals surface area contributed by atoms with Crippen LogP contribution >= 0.6 is 0 Å². The molecule has 136 valence electrons. The van der Waals surface area contributed by atoms with E-state index >= 15 is 0 Å². The first-order valence-corrected chi connectivity index (χ1v) is 8.04. The number of halogens is 3. The Morgan fingerprint density at radius 1 is 1.19 bits per heavy atom. The van der Waals surface area contributed by atoms with Gasteiger partial charge in [-0.3, -0.25) is 9.78 Å². The summed E-state index contributed by atoms with van der Waals surface area (Å²) in [6, 6.07) is 8.13. The minimum absolute atomic E-state index is 0.233. The summed E-state index contributed by atoms with van der Waals surface area (Å²) in [6.07, 6.45) is -2.06. The van der Waals surface area contributed by atoms with Crippen LogP contribution in [0.25, 0.3) is 0 Å². The molecule has 7 heteroatoms. The summed E-state index contributed by atoms with van der Waals surface area (Å²) in [5.41, 5.74) is 6.38. The van der Waals surface area contributed by atoms with Crippen molar-refractivity contribution >= 4 is 5.91 Å². The Morgan fingerprint density at radius 2 is 1.88 bits per heavy atom. The molecule has 0 saturated heterocycles. The van der Waals surface area contributed by atoms with Crippen LogP contribution in [-0.2, 0) is 11.0 Å². The molecule has 2 aromatic rings. The van der Waals surface area contributed by atoms with Crippen molar-refractivity contribution in [2.75, 3.05) is 0 Å². The number of nitrogens with zero attached hydrogens (tertiary/aromatic N) is 1. The van der Waals surface area contributed by atoms with E-state index < -0.39 is 23.8 Å². The SMILES string of the molecule is C=C(C(N)=O)C1CCC(Oc2ccc(C(F)(F)F)cc2)c2ncccc21. The number of primary amides is 1. The van der Waals surface area contributed by atoms with E-state index in [9.17, 15) is 18.0 Å². The molecule has 26 heavy (non-hydrogen) atoms. The summed E-state index contributed by atoms with van der Waals surface area (Å²) in [5.74, 6) is -0.470. The van der Waals surface area contributed by atoms with Gasteiger partial charge in [0.15, 0.2) is 0 Å². The minimum atomic E-state index is -4.39. The number of alkyl halides is 3. The molecule has 2 atom stereocenters. The molecule has 2 unspecified atom stereocenters. The zero-order valence-corrected chi connectivity index (χ0v) is 13.8. The molecule has 4 nitrogen and oxygen atoms in total. The topological polar surface area (TPSA) is 65.2 Å². The maximum absolute atomic E-state index is 12.7. The van der Waals surface area contributed by atoms with Gasteiger partial charge >= 0.3 is 6.18 Å². The third-order valence-electron chi connectivity index (χ3n) is 4.47. The van der Waals surface area contributed by atoms with Crippen molar-refractivity contribution in [3.8, 4) is 5.75 Å². The first kappa shape index (κ1) is 18.0. The molecule has 1 heterocycles. The maximum atomic E-state index is 12.7. The lowest BCUT2D eigenvalue weighted by molar-refractivity contribution is -0.137. The van der Waals surface area contributed by atoms with E-state index in [-0.39, 0.29) is 5.92 Å². The van der Waals surface area contributed by atoms with Crippen molar-refractivity contribution < 1.29 is 22.7 Å². The molecule has 0 fully saturated rings. The highest BCUT2D eigenvalue weighted by Crippen LogP contribution is 2.42. The smallest absolute Gasteiger partial charge is 0.416 e. The number of rotatable bonds is 4. The van der Waals surface area contributed by atoms with Crippen LogP contribution < -0.4 is 10.5 Å². The molecule has 1 amide bonds. The largest absolute Gasteiger partial charge is 0.484 e. The Bertz CT molecular complexity index is 831. The van der Waals surface area contributed by atoms with Gasteiger partial charge in [0.25, 0.3) is 0 Å². The standard InChI is InChI=1S/C19H17F3N2O2/c1-11(18(23)25)14-8-9-16(17-15(14)3-2-10-24-17)26-13-6-4-12(5-7-13)19(20,21)22/h2-7,10,14,16H,1,8-9H2,(H2,23,25). The van der Waals surface area contributed by atoms with Gasteiger partial charge in [-0.15, -0.1) is 0 Å². The van der Waals surface area contributed by atoms with Crippen molar-refractivity contribution in [3.63, 3.8) is 0 Å². The number of hydrogen-bond acceptors (Lipinski definition) is 3. The van der Waals surface area contributed by atoms with Crippen LogP contribution in [0.4, 0.5) is 13.2 Å². The van der Waals surface area contributed by atoms with E-state index in [0.29, 0.717) is 29.9 Å². The zero-order chi connectivity index (χ0) is 18.9. The Balaban J connectivity index is 1.84. The first-order valence-electron chi connectivity index (χ1n) is 8.04. The molecule has 0 saturated carbocycles. The lowest BCUT2D eigenvalue weighted by Crippen LogP contribution is -2.25. The van der Waals surface area contributed by atoms with Gasteiger partial charge in [0.1, 0.15) is 11.9 Å². The minimum Gasteiger partial charge on any atom is -0.484 e. The van der Waals surface area contributed by atoms with Crippen LogP contribution in [0, 0.1) is 0 Å². The van der Waals surface area contributed by atoms with Crippen molar-refractivity contribution in [1.29, 1.82) is 0 Å². The Hall–Kier alpha value is -2.83. The summed E-state index contributed by atoms with van der Waals surface area (Å²) < 4.78 is 43.8. The van der Waals surface area contributed by atoms with Crippen LogP contribution in [0.5, 0.6) is 5.75 Å². The van der Waals surface area contributed by atoms with Gasteiger partial charge in [0.2, 0.25) is 5.91 Å². The maximum Gasteiger partial charge on any atom is 0.416 e. The summed E-state index contributed by atoms with van der Waals surface area (Å²) in [5, 5.41) is 0. The molecule has 0 radical (unpaired) electrons. The van der Waals surface area contributed by atoms with E-state index in [1.807, 2.05) is 6.07 Å². The molecule has 1 aliphatic carbocycles. The molecule has 0 bridgehead atoms. The summed E-state index contributed by atoms with van der Waals surface area (Å²) in [4.78, 5) is 15.8. The van der Waals surface area contributed by atoms with E-state index in [0.717, 1.165) is 17.7 Å². The fourth-order valence-electron chi connectivity index (χ4n) is 3.14. The van der Waals surface area contributed by atoms with Gasteiger partial charge < -0.3 is 10.5 Å². The second-order valence-electron chi connectivity index (χ2n) is 6.13. The quantitative estimate of drug-likeness (QED) is 0.832. The van der Waals surface area contributed by atoms with Crippen LogP contribution in [0.2, 0.25) is 0 Å². The average molecular weight is 362 g/mol. The van der Waals surface area contributed by atoms with E-state index in [4.69, 9.17) is 10.5 Å². The highest BCUT2D eigenvalue weighted by Gasteiger charge is 2.33. The second-order valence-corrected chi connectivity index (χ2v) is 6.13. The van der Waals surface area contributed by atoms with Gasteiger partial charge in [0, 0.05) is 17.7 Å². The predicted octanol–water partition coefficient (Wildman–Crippen LogP) is 4.14. The molecule has 0 spiro atoms. The molecular weight excluding hydrogens is 345 g/mol. The number of aromatic nitrogens is 1. The highest BCUT2D eigenvalue weighted by atomic mass is 19.4. The molecule has 3 rings (SSSR count). The van der Waals surface area contributed by atoms with E-state index in [2.05, 4.69) is 11.6 Å². The number of ether oxygens (including phenoxy) is 1. The molecule has 0 aliphatic heterocycles. The molecule has 1 aliphatic rings. The molecular formula is C19H17F3N2O2. The fraction of sp³-hybridized carbons (Fsp3) is 0.263. The lowest BCUT2D eigenvalue weighted by Gasteiger charge is -2.31. The number of pyridine rings is 1. The van der Waals surface area contributed by atoms with E-state index in [1.165, 1.54) is 12.1 Å². The Morgan fingerprint density at radius 3 is 2.50 bits per heavy atom. The van der Waals surface area contributed by atoms with Gasteiger partial charge in [-0.25, -0.2) is 0 Å². The molecule has 1 aromatic carbocycles. The lowest BCUT2D eigenvalue weighted by atomic mass is 9.80. The van der Waals surface area contributed by atoms with E-state index in [1.54, 1.807) is 12.3 Å². The van der Waals surface area contributed by atoms with Crippen molar-refractivity contribution in [3.05, 3.63) is 71.6 Å². The summed E-state index contributed by atoms with van der Waals surface area (Å²) >= 11 is 0. The highest BCUT2D eigenvalue weighted by molar-refractivity contribution is 5.93. The number of amides is 1. The summed E-state index contributed by atoms with van der Waals surface area (Å²) in [7, 11) is 0. The molecule has 2 N–H and O–H groups in total. The second kappa shape index (κ2) is 6.82. The number of hydrogen-bond donors (Lipinski definition) is 1. The van der Waals surface area contributed by atoms with Gasteiger partial charge in [-0.2, -0.15) is 13.2 Å². The Kier molecular flexibility index (Phi) is 4.71. The third kappa shape index (κ3) is 3.56. The normalized spacial score (nSPS) is 19.5. The van der Waals surface area contributed by atoms with Gasteiger partial charge in [0.05, 0.1) is 11.3 Å². The van der Waals surface area contributed by atoms with Crippen molar-refractivity contribution in [2.45, 2.75) is 31.0 Å². The molecule has 1 aromatic heterocycles. The van der Waals surface area contributed by atoms with Crippen LogP contribution in [0.15, 0.2) is 54.7 Å². The number of nitrogens with two attached hydrogens (primary N) is 1. The monoisotopic (exact) mass is 362 g/mol. The number of carbonyl (C=O) groups excluding carboxylic acids is 1.